The molecule has 1 aromatic rings. The van der Waals surface area contributed by atoms with Gasteiger partial charge in [0.15, 0.2) is 0 Å². The van der Waals surface area contributed by atoms with E-state index in [9.17, 15) is 24.0 Å². The van der Waals surface area contributed by atoms with E-state index in [1.807, 2.05) is 5.32 Å². The molecule has 1 rings (SSSR count). The lowest BCUT2D eigenvalue weighted by Crippen LogP contribution is -2.57. The molecule has 0 aromatic carbocycles. The number of aliphatic carboxylic acids is 2. The van der Waals surface area contributed by atoms with Gasteiger partial charge in [0, 0.05) is 24.1 Å². The molecule has 0 bridgehead atoms. The van der Waals surface area contributed by atoms with Crippen LogP contribution in [0.2, 0.25) is 0 Å². The second kappa shape index (κ2) is 11.7. The highest BCUT2D eigenvalue weighted by molar-refractivity contribution is 7.80. The average Bonchev–Trinajstić information content (AvgIpc) is 3.15. The molecular formula is C15H22N6O7S. The van der Waals surface area contributed by atoms with Gasteiger partial charge in [-0.3, -0.25) is 24.0 Å². The van der Waals surface area contributed by atoms with Crippen LogP contribution in [0.15, 0.2) is 12.5 Å². The van der Waals surface area contributed by atoms with Gasteiger partial charge in [0.05, 0.1) is 18.8 Å². The second-order valence-electron chi connectivity index (χ2n) is 5.90. The van der Waals surface area contributed by atoms with E-state index < -0.39 is 60.8 Å². The monoisotopic (exact) mass is 430 g/mol. The molecule has 0 aliphatic heterocycles. The molecule has 3 unspecified atom stereocenters. The SMILES string of the molecule is NC(Cc1cnc[nH]1)C(=O)NC(CS)C(=O)NC(CC(=O)O)C(=O)NCC(=O)O. The van der Waals surface area contributed by atoms with Crippen LogP contribution in [0.3, 0.4) is 0 Å². The van der Waals surface area contributed by atoms with Gasteiger partial charge in [-0.2, -0.15) is 12.6 Å². The van der Waals surface area contributed by atoms with E-state index >= 15 is 0 Å². The molecule has 13 nitrogen and oxygen atoms in total. The van der Waals surface area contributed by atoms with E-state index in [1.54, 1.807) is 0 Å². The number of aromatic nitrogens is 2. The summed E-state index contributed by atoms with van der Waals surface area (Å²) in [6.07, 6.45) is 2.25. The van der Waals surface area contributed by atoms with Gasteiger partial charge in [-0.1, -0.05) is 0 Å². The first kappa shape index (κ1) is 23.9. The van der Waals surface area contributed by atoms with E-state index in [1.165, 1.54) is 12.5 Å². The lowest BCUT2D eigenvalue weighted by molar-refractivity contribution is -0.141. The third kappa shape index (κ3) is 8.61. The van der Waals surface area contributed by atoms with Gasteiger partial charge < -0.3 is 36.9 Å². The Labute approximate surface area is 170 Å². The Morgan fingerprint density at radius 3 is 2.24 bits per heavy atom. The molecule has 0 radical (unpaired) electrons. The Bertz CT molecular complexity index is 742. The largest absolute Gasteiger partial charge is 0.481 e. The van der Waals surface area contributed by atoms with Crippen molar-refractivity contribution < 1.29 is 34.2 Å². The summed E-state index contributed by atoms with van der Waals surface area (Å²) in [5.74, 6) is -5.44. The average molecular weight is 430 g/mol. The number of carboxylic acids is 2. The van der Waals surface area contributed by atoms with E-state index in [0.717, 1.165) is 0 Å². The summed E-state index contributed by atoms with van der Waals surface area (Å²) >= 11 is 3.97. The number of thiol groups is 1. The number of nitrogens with one attached hydrogen (secondary N) is 4. The first-order valence-electron chi connectivity index (χ1n) is 8.29. The first-order valence-corrected chi connectivity index (χ1v) is 8.93. The standard InChI is InChI=1S/C15H22N6O7S/c16-8(1-7-3-17-6-19-7)13(26)21-10(5-29)15(28)20-9(2-11(22)23)14(27)18-4-12(24)25/h3,6,8-10,29H,1-2,4-5,16H2,(H,17,19)(H,18,27)(H,20,28)(H,21,26)(H,22,23)(H,24,25). The van der Waals surface area contributed by atoms with Gasteiger partial charge >= 0.3 is 11.9 Å². The fraction of sp³-hybridized carbons (Fsp3) is 0.467. The summed E-state index contributed by atoms with van der Waals surface area (Å²) in [6, 6.07) is -3.75. The molecule has 1 aromatic heterocycles. The highest BCUT2D eigenvalue weighted by Gasteiger charge is 2.29. The number of H-pyrrole nitrogens is 1. The van der Waals surface area contributed by atoms with Gasteiger partial charge in [-0.15, -0.1) is 0 Å². The quantitative estimate of drug-likeness (QED) is 0.157. The summed E-state index contributed by atoms with van der Waals surface area (Å²) in [4.78, 5) is 64.6. The number of aromatic amines is 1. The lowest BCUT2D eigenvalue weighted by Gasteiger charge is -2.22. The zero-order valence-electron chi connectivity index (χ0n) is 15.1. The molecular weight excluding hydrogens is 408 g/mol. The molecule has 3 atom stereocenters. The smallest absolute Gasteiger partial charge is 0.322 e. The normalized spacial score (nSPS) is 13.6. The van der Waals surface area contributed by atoms with Crippen LogP contribution in [0, 0.1) is 0 Å². The molecule has 0 spiro atoms. The number of hydrogen-bond donors (Lipinski definition) is 8. The van der Waals surface area contributed by atoms with Crippen molar-refractivity contribution in [2.24, 2.45) is 5.73 Å². The topological polar surface area (TPSA) is 217 Å². The fourth-order valence-electron chi connectivity index (χ4n) is 2.14. The number of nitrogens with zero attached hydrogens (tertiary/aromatic N) is 1. The molecule has 8 N–H and O–H groups in total. The van der Waals surface area contributed by atoms with Crippen LogP contribution in [0.5, 0.6) is 0 Å². The van der Waals surface area contributed by atoms with Crippen LogP contribution < -0.4 is 21.7 Å². The zero-order valence-corrected chi connectivity index (χ0v) is 16.0. The van der Waals surface area contributed by atoms with Gasteiger partial charge in [0.2, 0.25) is 17.7 Å². The van der Waals surface area contributed by atoms with E-state index in [0.29, 0.717) is 5.69 Å². The highest BCUT2D eigenvalue weighted by atomic mass is 32.1. The Kier molecular flexibility index (Phi) is 9.61. The Hall–Kier alpha value is -3.13. The predicted octanol–water partition coefficient (Wildman–Crippen LogP) is -3.15. The molecule has 0 saturated carbocycles. The number of imidazole rings is 1. The summed E-state index contributed by atoms with van der Waals surface area (Å²) in [7, 11) is 0. The van der Waals surface area contributed by atoms with Crippen molar-refractivity contribution in [1.82, 2.24) is 25.9 Å². The van der Waals surface area contributed by atoms with E-state index in [4.69, 9.17) is 15.9 Å². The highest BCUT2D eigenvalue weighted by Crippen LogP contribution is 2.00. The van der Waals surface area contributed by atoms with Gasteiger partial charge in [-0.25, -0.2) is 4.98 Å². The van der Waals surface area contributed by atoms with Crippen molar-refractivity contribution in [2.75, 3.05) is 12.3 Å². The summed E-state index contributed by atoms with van der Waals surface area (Å²) in [6.45, 7) is -0.750. The predicted molar refractivity (Wildman–Crippen MR) is 101 cm³/mol. The number of carboxylic acid groups (broad SMARTS) is 2. The number of amides is 3. The third-order valence-corrected chi connectivity index (χ3v) is 3.94. The zero-order chi connectivity index (χ0) is 22.0. The molecule has 14 heteroatoms. The molecule has 0 saturated heterocycles. The number of carbonyl (C=O) groups excluding carboxylic acids is 3. The lowest BCUT2D eigenvalue weighted by atomic mass is 10.1. The molecule has 3 amide bonds. The van der Waals surface area contributed by atoms with Crippen molar-refractivity contribution in [3.63, 3.8) is 0 Å². The van der Waals surface area contributed by atoms with Crippen molar-refractivity contribution in [1.29, 1.82) is 0 Å². The molecule has 0 aliphatic carbocycles. The third-order valence-electron chi connectivity index (χ3n) is 3.57. The number of rotatable bonds is 12. The van der Waals surface area contributed by atoms with Gasteiger partial charge in [0.1, 0.15) is 18.6 Å². The van der Waals surface area contributed by atoms with Gasteiger partial charge in [0.25, 0.3) is 0 Å². The maximum atomic E-state index is 12.4. The minimum atomic E-state index is -1.54. The minimum Gasteiger partial charge on any atom is -0.481 e. The number of nitrogens with two attached hydrogens (primary N) is 1. The molecule has 0 fully saturated rings. The van der Waals surface area contributed by atoms with Crippen LogP contribution in [0.25, 0.3) is 0 Å². The van der Waals surface area contributed by atoms with Crippen LogP contribution in [0.1, 0.15) is 12.1 Å². The van der Waals surface area contributed by atoms with E-state index in [-0.39, 0.29) is 12.2 Å². The molecule has 1 heterocycles. The number of carbonyl (C=O) groups is 5. The summed E-state index contributed by atoms with van der Waals surface area (Å²) < 4.78 is 0. The Morgan fingerprint density at radius 1 is 1.07 bits per heavy atom. The number of hydrogen-bond acceptors (Lipinski definition) is 8. The van der Waals surface area contributed by atoms with Crippen molar-refractivity contribution >= 4 is 42.3 Å². The maximum Gasteiger partial charge on any atom is 0.322 e. The Morgan fingerprint density at radius 2 is 1.72 bits per heavy atom. The Balaban J connectivity index is 2.71. The van der Waals surface area contributed by atoms with Gasteiger partial charge in [-0.05, 0) is 0 Å². The van der Waals surface area contributed by atoms with Crippen LogP contribution in [-0.4, -0.2) is 80.3 Å². The fourth-order valence-corrected chi connectivity index (χ4v) is 2.40. The summed E-state index contributed by atoms with van der Waals surface area (Å²) in [5, 5.41) is 24.0. The summed E-state index contributed by atoms with van der Waals surface area (Å²) in [5.41, 5.74) is 6.39. The van der Waals surface area contributed by atoms with Crippen molar-refractivity contribution in [3.8, 4) is 0 Å². The van der Waals surface area contributed by atoms with Crippen LogP contribution in [-0.2, 0) is 30.4 Å². The minimum absolute atomic E-state index is 0.131. The maximum absolute atomic E-state index is 12.4. The van der Waals surface area contributed by atoms with Crippen molar-refractivity contribution in [2.45, 2.75) is 31.0 Å². The van der Waals surface area contributed by atoms with Crippen LogP contribution in [0.4, 0.5) is 0 Å². The molecule has 160 valence electrons. The molecule has 0 aliphatic rings. The van der Waals surface area contributed by atoms with Crippen LogP contribution >= 0.6 is 12.6 Å². The van der Waals surface area contributed by atoms with Crippen molar-refractivity contribution in [3.05, 3.63) is 18.2 Å². The van der Waals surface area contributed by atoms with E-state index in [2.05, 4.69) is 33.2 Å². The second-order valence-corrected chi connectivity index (χ2v) is 6.27. The first-order chi connectivity index (χ1) is 13.6. The molecule has 29 heavy (non-hydrogen) atoms.